The number of methoxy groups -OCH3 is 1. The Labute approximate surface area is 159 Å². The summed E-state index contributed by atoms with van der Waals surface area (Å²) in [6.45, 7) is 5.26. The minimum absolute atomic E-state index is 0.166. The van der Waals surface area contributed by atoms with Crippen LogP contribution in [0.5, 0.6) is 0 Å². The van der Waals surface area contributed by atoms with Crippen LogP contribution >= 0.6 is 0 Å². The van der Waals surface area contributed by atoms with Crippen molar-refractivity contribution in [2.75, 3.05) is 7.11 Å². The number of ether oxygens (including phenoxy) is 1. The first kappa shape index (κ1) is 18.9. The lowest BCUT2D eigenvalue weighted by molar-refractivity contribution is 0.0599. The van der Waals surface area contributed by atoms with Gasteiger partial charge in [0.05, 0.1) is 23.3 Å². The molecule has 0 bridgehead atoms. The molecule has 1 heterocycles. The lowest BCUT2D eigenvalue weighted by Crippen LogP contribution is -2.16. The summed E-state index contributed by atoms with van der Waals surface area (Å²) in [5, 5.41) is 0. The van der Waals surface area contributed by atoms with E-state index in [4.69, 9.17) is 4.74 Å². The number of carbonyl (C=O) groups excluding carboxylic acids is 1. The van der Waals surface area contributed by atoms with E-state index in [1.807, 2.05) is 37.3 Å². The van der Waals surface area contributed by atoms with Crippen LogP contribution in [0.4, 0.5) is 0 Å². The van der Waals surface area contributed by atoms with E-state index >= 15 is 0 Å². The molecule has 0 radical (unpaired) electrons. The molecule has 0 saturated carbocycles. The van der Waals surface area contributed by atoms with E-state index in [9.17, 15) is 13.2 Å². The number of rotatable bonds is 4. The van der Waals surface area contributed by atoms with Crippen LogP contribution in [0, 0.1) is 20.8 Å². The maximum absolute atomic E-state index is 13.4. The largest absolute Gasteiger partial charge is 0.465 e. The fraction of sp³-hybridized carbons (Fsp3) is 0.190. The number of hydrogen-bond donors (Lipinski definition) is 0. The quantitative estimate of drug-likeness (QED) is 0.636. The third kappa shape index (κ3) is 3.17. The van der Waals surface area contributed by atoms with Gasteiger partial charge in [0.25, 0.3) is 10.0 Å². The molecule has 0 saturated heterocycles. The predicted octanol–water partition coefficient (Wildman–Crippen LogP) is 4.10. The molecule has 3 rings (SSSR count). The fourth-order valence-electron chi connectivity index (χ4n) is 3.26. The Bertz CT molecular complexity index is 1100. The molecule has 0 N–H and O–H groups in total. The summed E-state index contributed by atoms with van der Waals surface area (Å²) in [6.07, 6.45) is 0. The van der Waals surface area contributed by atoms with Crippen molar-refractivity contribution in [1.29, 1.82) is 0 Å². The molecule has 0 unspecified atom stereocenters. The lowest BCUT2D eigenvalue weighted by Gasteiger charge is -2.14. The van der Waals surface area contributed by atoms with Crippen molar-refractivity contribution in [3.8, 4) is 11.3 Å². The van der Waals surface area contributed by atoms with Crippen molar-refractivity contribution in [1.82, 2.24) is 3.97 Å². The smallest absolute Gasteiger partial charge is 0.340 e. The fourth-order valence-corrected chi connectivity index (χ4v) is 4.89. The highest BCUT2D eigenvalue weighted by Gasteiger charge is 2.30. The average molecular weight is 383 g/mol. The zero-order valence-electron chi connectivity index (χ0n) is 15.7. The van der Waals surface area contributed by atoms with Crippen molar-refractivity contribution >= 4 is 16.0 Å². The molecule has 3 aromatic rings. The van der Waals surface area contributed by atoms with Gasteiger partial charge < -0.3 is 4.74 Å². The van der Waals surface area contributed by atoms with Gasteiger partial charge in [-0.2, -0.15) is 0 Å². The Hall–Kier alpha value is -2.86. The summed E-state index contributed by atoms with van der Waals surface area (Å²) in [7, 11) is -2.61. The number of aromatic nitrogens is 1. The van der Waals surface area contributed by atoms with Gasteiger partial charge in [0, 0.05) is 5.69 Å². The van der Waals surface area contributed by atoms with Gasteiger partial charge in [-0.25, -0.2) is 17.2 Å². The first-order valence-corrected chi connectivity index (χ1v) is 9.91. The van der Waals surface area contributed by atoms with Crippen molar-refractivity contribution in [2.45, 2.75) is 25.7 Å². The average Bonchev–Trinajstić information content (AvgIpc) is 2.93. The van der Waals surface area contributed by atoms with Gasteiger partial charge in [0.15, 0.2) is 0 Å². The minimum Gasteiger partial charge on any atom is -0.465 e. The number of benzene rings is 2. The highest BCUT2D eigenvalue weighted by Crippen LogP contribution is 2.34. The molecule has 0 aliphatic carbocycles. The van der Waals surface area contributed by atoms with Crippen molar-refractivity contribution in [3.63, 3.8) is 0 Å². The highest BCUT2D eigenvalue weighted by molar-refractivity contribution is 7.90. The van der Waals surface area contributed by atoms with E-state index in [1.165, 1.54) is 11.1 Å². The van der Waals surface area contributed by atoms with E-state index in [0.29, 0.717) is 22.5 Å². The van der Waals surface area contributed by atoms with E-state index in [0.717, 1.165) is 5.56 Å². The van der Waals surface area contributed by atoms with Gasteiger partial charge in [-0.1, -0.05) is 48.0 Å². The van der Waals surface area contributed by atoms with E-state index in [2.05, 4.69) is 0 Å². The molecule has 27 heavy (non-hydrogen) atoms. The zero-order chi connectivity index (χ0) is 19.8. The summed E-state index contributed by atoms with van der Waals surface area (Å²) in [4.78, 5) is 12.5. The molecule has 6 heteroatoms. The Balaban J connectivity index is 2.38. The van der Waals surface area contributed by atoms with E-state index < -0.39 is 16.0 Å². The third-order valence-corrected chi connectivity index (χ3v) is 6.40. The molecule has 0 atom stereocenters. The number of carbonyl (C=O) groups is 1. The maximum atomic E-state index is 13.4. The van der Waals surface area contributed by atoms with Crippen LogP contribution in [-0.4, -0.2) is 25.5 Å². The van der Waals surface area contributed by atoms with Crippen LogP contribution in [0.3, 0.4) is 0 Å². The Kier molecular flexibility index (Phi) is 4.93. The third-order valence-electron chi connectivity index (χ3n) is 4.60. The van der Waals surface area contributed by atoms with Crippen LogP contribution in [0.25, 0.3) is 11.3 Å². The summed E-state index contributed by atoms with van der Waals surface area (Å²) in [6, 6.07) is 15.8. The molecule has 0 amide bonds. The summed E-state index contributed by atoms with van der Waals surface area (Å²) in [5.41, 5.74) is 3.32. The number of hydrogen-bond acceptors (Lipinski definition) is 4. The highest BCUT2D eigenvalue weighted by atomic mass is 32.2. The van der Waals surface area contributed by atoms with Crippen LogP contribution in [0.2, 0.25) is 0 Å². The summed E-state index contributed by atoms with van der Waals surface area (Å²) >= 11 is 0. The molecule has 0 aliphatic heterocycles. The van der Waals surface area contributed by atoms with Crippen LogP contribution < -0.4 is 0 Å². The molecule has 0 aliphatic rings. The molecular formula is C21H21NO4S. The monoisotopic (exact) mass is 383 g/mol. The van der Waals surface area contributed by atoms with Gasteiger partial charge in [-0.05, 0) is 44.0 Å². The van der Waals surface area contributed by atoms with Gasteiger partial charge in [-0.15, -0.1) is 0 Å². The van der Waals surface area contributed by atoms with Crippen LogP contribution in [-0.2, 0) is 14.8 Å². The lowest BCUT2D eigenvalue weighted by atomic mass is 10.1. The zero-order valence-corrected chi connectivity index (χ0v) is 16.5. The second-order valence-electron chi connectivity index (χ2n) is 6.37. The molecule has 1 aromatic heterocycles. The SMILES string of the molecule is COC(=O)c1c(C)c(-c2ccccc2)n(S(=O)(=O)c2ccc(C)cc2)c1C. The number of esters is 1. The number of aryl methyl sites for hydroxylation is 1. The van der Waals surface area contributed by atoms with E-state index in [-0.39, 0.29) is 10.5 Å². The topological polar surface area (TPSA) is 65.4 Å². The van der Waals surface area contributed by atoms with Gasteiger partial charge in [0.1, 0.15) is 0 Å². The standard InChI is InChI=1S/C21H21NO4S/c1-14-10-12-18(13-11-14)27(24,25)22-16(3)19(21(23)26-4)15(2)20(22)17-8-6-5-7-9-17/h5-13H,1-4H3. The molecular weight excluding hydrogens is 362 g/mol. The van der Waals surface area contributed by atoms with Gasteiger partial charge in [0.2, 0.25) is 0 Å². The Morgan fingerprint density at radius 3 is 2.07 bits per heavy atom. The maximum Gasteiger partial charge on any atom is 0.340 e. The predicted molar refractivity (Wildman–Crippen MR) is 104 cm³/mol. The second kappa shape index (κ2) is 7.04. The number of nitrogens with zero attached hydrogens (tertiary/aromatic N) is 1. The van der Waals surface area contributed by atoms with Crippen LogP contribution in [0.15, 0.2) is 59.5 Å². The van der Waals surface area contributed by atoms with Gasteiger partial charge >= 0.3 is 5.97 Å². The second-order valence-corrected chi connectivity index (χ2v) is 8.16. The molecule has 140 valence electrons. The molecule has 2 aromatic carbocycles. The van der Waals surface area contributed by atoms with Crippen LogP contribution in [0.1, 0.15) is 27.2 Å². The Morgan fingerprint density at radius 2 is 1.52 bits per heavy atom. The first-order chi connectivity index (χ1) is 12.8. The Morgan fingerprint density at radius 1 is 0.926 bits per heavy atom. The van der Waals surface area contributed by atoms with E-state index in [1.54, 1.807) is 38.1 Å². The van der Waals surface area contributed by atoms with Crippen molar-refractivity contribution in [3.05, 3.63) is 77.0 Å². The summed E-state index contributed by atoms with van der Waals surface area (Å²) < 4.78 is 33.0. The van der Waals surface area contributed by atoms with Crippen molar-refractivity contribution in [2.24, 2.45) is 0 Å². The summed E-state index contributed by atoms with van der Waals surface area (Å²) in [5.74, 6) is -0.556. The minimum atomic E-state index is -3.90. The normalized spacial score (nSPS) is 11.4. The molecule has 0 spiro atoms. The van der Waals surface area contributed by atoms with Crippen molar-refractivity contribution < 1.29 is 17.9 Å². The molecule has 0 fully saturated rings. The first-order valence-electron chi connectivity index (χ1n) is 8.47. The van der Waals surface area contributed by atoms with Gasteiger partial charge in [-0.3, -0.25) is 0 Å². The molecule has 5 nitrogen and oxygen atoms in total.